The number of carbonyl (C=O) groups excluding carboxylic acids is 1. The maximum Gasteiger partial charge on any atom is 0.276 e. The molecule has 1 atom stereocenters. The normalized spacial score (nSPS) is 19.0. The highest BCUT2D eigenvalue weighted by Gasteiger charge is 2.27. The molecule has 1 fully saturated rings. The molecule has 8 heteroatoms. The molecule has 8 nitrogen and oxygen atoms in total. The van der Waals surface area contributed by atoms with Gasteiger partial charge in [0.2, 0.25) is 5.91 Å². The summed E-state index contributed by atoms with van der Waals surface area (Å²) in [5.74, 6) is 1.14. The second kappa shape index (κ2) is 7.98. The van der Waals surface area contributed by atoms with Crippen molar-refractivity contribution in [3.05, 3.63) is 50.4 Å². The molecule has 1 aliphatic heterocycles. The van der Waals surface area contributed by atoms with Crippen LogP contribution in [0.4, 0.5) is 0 Å². The van der Waals surface area contributed by atoms with Crippen LogP contribution in [0.1, 0.15) is 72.0 Å². The third kappa shape index (κ3) is 3.68. The van der Waals surface area contributed by atoms with Gasteiger partial charge < -0.3 is 9.42 Å². The number of likely N-dealkylation sites (tertiary alicyclic amines) is 1. The Bertz CT molecular complexity index is 1170. The number of piperidine rings is 1. The van der Waals surface area contributed by atoms with E-state index in [-0.39, 0.29) is 17.4 Å². The van der Waals surface area contributed by atoms with Crippen LogP contribution in [0.5, 0.6) is 0 Å². The van der Waals surface area contributed by atoms with Crippen molar-refractivity contribution in [1.29, 1.82) is 0 Å². The number of hydrogen-bond donors (Lipinski definition) is 1. The summed E-state index contributed by atoms with van der Waals surface area (Å²) in [7, 11) is 0. The number of H-pyrrole nitrogens is 1. The first-order valence-corrected chi connectivity index (χ1v) is 11.3. The average Bonchev–Trinajstić information content (AvgIpc) is 3.36. The van der Waals surface area contributed by atoms with E-state index < -0.39 is 0 Å². The van der Waals surface area contributed by atoms with Crippen molar-refractivity contribution < 1.29 is 9.32 Å². The van der Waals surface area contributed by atoms with E-state index >= 15 is 0 Å². The van der Waals surface area contributed by atoms with Crippen LogP contribution in [0.15, 0.2) is 15.4 Å². The lowest BCUT2D eigenvalue weighted by atomic mass is 9.94. The molecule has 0 aromatic carbocycles. The molecule has 0 bridgehead atoms. The fraction of sp³-hybridized carbons (Fsp3) is 0.565. The molecule has 4 heterocycles. The summed E-state index contributed by atoms with van der Waals surface area (Å²) >= 11 is 0. The lowest BCUT2D eigenvalue weighted by Gasteiger charge is -2.32. The van der Waals surface area contributed by atoms with Gasteiger partial charge in [-0.1, -0.05) is 5.16 Å². The van der Waals surface area contributed by atoms with E-state index in [2.05, 4.69) is 10.3 Å². The number of amides is 1. The summed E-state index contributed by atoms with van der Waals surface area (Å²) in [5, 5.41) is 7.27. The molecule has 1 unspecified atom stereocenters. The van der Waals surface area contributed by atoms with Gasteiger partial charge in [0, 0.05) is 48.3 Å². The molecule has 5 rings (SSSR count). The number of nitrogens with one attached hydrogen (secondary N) is 1. The summed E-state index contributed by atoms with van der Waals surface area (Å²) in [6.45, 7) is 5.25. The number of carbonyl (C=O) groups is 1. The molecular weight excluding hydrogens is 394 g/mol. The van der Waals surface area contributed by atoms with Crippen molar-refractivity contribution in [2.45, 2.75) is 71.1 Å². The zero-order valence-corrected chi connectivity index (χ0v) is 18.2. The Labute approximate surface area is 180 Å². The Morgan fingerprint density at radius 1 is 1.26 bits per heavy atom. The number of hydrogen-bond acceptors (Lipinski definition) is 5. The molecule has 0 saturated carbocycles. The highest BCUT2D eigenvalue weighted by atomic mass is 16.5. The first kappa shape index (κ1) is 20.0. The van der Waals surface area contributed by atoms with Gasteiger partial charge in [0.25, 0.3) is 5.56 Å². The Kier molecular flexibility index (Phi) is 5.16. The van der Waals surface area contributed by atoms with Crippen molar-refractivity contribution in [2.24, 2.45) is 0 Å². The highest BCUT2D eigenvalue weighted by Crippen LogP contribution is 2.28. The van der Waals surface area contributed by atoms with E-state index in [1.54, 1.807) is 4.52 Å². The minimum Gasteiger partial charge on any atom is -0.361 e. The van der Waals surface area contributed by atoms with E-state index in [1.165, 1.54) is 0 Å². The van der Waals surface area contributed by atoms with E-state index in [4.69, 9.17) is 9.51 Å². The van der Waals surface area contributed by atoms with Gasteiger partial charge in [-0.05, 0) is 58.8 Å². The molecule has 1 saturated heterocycles. The SMILES string of the molecule is Cc1noc(C)c1CCC(=O)N1CCCC(c2cc3nc4c(c(=O)n3[nH]2)CCCC4)C1. The molecule has 1 N–H and O–H groups in total. The second-order valence-electron chi connectivity index (χ2n) is 8.94. The van der Waals surface area contributed by atoms with Gasteiger partial charge in [0.1, 0.15) is 5.76 Å². The van der Waals surface area contributed by atoms with E-state index in [0.717, 1.165) is 79.0 Å². The van der Waals surface area contributed by atoms with Gasteiger partial charge in [-0.3, -0.25) is 14.7 Å². The van der Waals surface area contributed by atoms with Crippen molar-refractivity contribution in [3.63, 3.8) is 0 Å². The summed E-state index contributed by atoms with van der Waals surface area (Å²) < 4.78 is 6.81. The fourth-order valence-corrected chi connectivity index (χ4v) is 5.09. The van der Waals surface area contributed by atoms with Gasteiger partial charge in [0.05, 0.1) is 11.4 Å². The third-order valence-corrected chi connectivity index (χ3v) is 6.89. The molecule has 1 amide bonds. The van der Waals surface area contributed by atoms with Gasteiger partial charge in [-0.15, -0.1) is 0 Å². The molecule has 2 aliphatic rings. The summed E-state index contributed by atoms with van der Waals surface area (Å²) in [5.41, 5.74) is 5.44. The monoisotopic (exact) mass is 423 g/mol. The van der Waals surface area contributed by atoms with E-state index in [0.29, 0.717) is 25.0 Å². The fourth-order valence-electron chi connectivity index (χ4n) is 5.09. The smallest absolute Gasteiger partial charge is 0.276 e. The van der Waals surface area contributed by atoms with Crippen LogP contribution in [-0.4, -0.2) is 43.7 Å². The Morgan fingerprint density at radius 3 is 2.90 bits per heavy atom. The van der Waals surface area contributed by atoms with Crippen molar-refractivity contribution in [3.8, 4) is 0 Å². The third-order valence-electron chi connectivity index (χ3n) is 6.89. The first-order chi connectivity index (χ1) is 15.0. The number of aromatic nitrogens is 4. The quantitative estimate of drug-likeness (QED) is 0.696. The molecular formula is C23H29N5O3. The standard InChI is InChI=1S/C23H29N5O3/c1-14-17(15(2)31-26-14)9-10-22(29)27-11-5-6-16(13-27)20-12-21-24-19-8-4-3-7-18(19)23(30)28(21)25-20/h12,16,25H,3-11,13H2,1-2H3. The first-order valence-electron chi connectivity index (χ1n) is 11.3. The summed E-state index contributed by atoms with van der Waals surface area (Å²) in [6, 6.07) is 2.00. The zero-order valence-electron chi connectivity index (χ0n) is 18.2. The van der Waals surface area contributed by atoms with Crippen molar-refractivity contribution >= 4 is 11.6 Å². The van der Waals surface area contributed by atoms with E-state index in [1.807, 2.05) is 24.8 Å². The van der Waals surface area contributed by atoms with Crippen LogP contribution >= 0.6 is 0 Å². The highest BCUT2D eigenvalue weighted by molar-refractivity contribution is 5.76. The number of rotatable bonds is 4. The topological polar surface area (TPSA) is 96.5 Å². The Balaban J connectivity index is 1.32. The average molecular weight is 424 g/mol. The number of nitrogens with zero attached hydrogens (tertiary/aromatic N) is 4. The van der Waals surface area contributed by atoms with Gasteiger partial charge in [-0.25, -0.2) is 9.50 Å². The van der Waals surface area contributed by atoms with Gasteiger partial charge >= 0.3 is 0 Å². The predicted octanol–water partition coefficient (Wildman–Crippen LogP) is 2.85. The lowest BCUT2D eigenvalue weighted by molar-refractivity contribution is -0.132. The maximum absolute atomic E-state index is 12.9. The van der Waals surface area contributed by atoms with Crippen LogP contribution in [0.3, 0.4) is 0 Å². The number of aryl methyl sites for hydroxylation is 3. The Hall–Kier alpha value is -2.90. The predicted molar refractivity (Wildman–Crippen MR) is 115 cm³/mol. The van der Waals surface area contributed by atoms with Crippen LogP contribution in [0, 0.1) is 13.8 Å². The Morgan fingerprint density at radius 2 is 2.10 bits per heavy atom. The molecule has 0 radical (unpaired) electrons. The molecule has 164 valence electrons. The van der Waals surface area contributed by atoms with Gasteiger partial charge in [0.15, 0.2) is 5.65 Å². The van der Waals surface area contributed by atoms with E-state index in [9.17, 15) is 9.59 Å². The number of aromatic amines is 1. The molecule has 3 aromatic rings. The maximum atomic E-state index is 12.9. The summed E-state index contributed by atoms with van der Waals surface area (Å²) in [6.07, 6.45) is 6.91. The molecule has 31 heavy (non-hydrogen) atoms. The van der Waals surface area contributed by atoms with Crippen LogP contribution in [-0.2, 0) is 24.1 Å². The number of fused-ring (bicyclic) bond motifs is 2. The summed E-state index contributed by atoms with van der Waals surface area (Å²) in [4.78, 5) is 32.5. The minimum absolute atomic E-state index is 0.0363. The van der Waals surface area contributed by atoms with Crippen molar-refractivity contribution in [1.82, 2.24) is 24.7 Å². The molecule has 3 aromatic heterocycles. The van der Waals surface area contributed by atoms with Gasteiger partial charge in [-0.2, -0.15) is 0 Å². The largest absolute Gasteiger partial charge is 0.361 e. The second-order valence-corrected chi connectivity index (χ2v) is 8.94. The molecule has 1 aliphatic carbocycles. The zero-order chi connectivity index (χ0) is 21.5. The van der Waals surface area contributed by atoms with Crippen LogP contribution in [0.25, 0.3) is 5.65 Å². The molecule has 0 spiro atoms. The van der Waals surface area contributed by atoms with Crippen molar-refractivity contribution in [2.75, 3.05) is 13.1 Å². The minimum atomic E-state index is 0.0363. The van der Waals surface area contributed by atoms with Crippen LogP contribution < -0.4 is 5.56 Å². The lowest BCUT2D eigenvalue weighted by Crippen LogP contribution is -2.39. The van der Waals surface area contributed by atoms with Crippen LogP contribution in [0.2, 0.25) is 0 Å².